The van der Waals surface area contributed by atoms with E-state index in [0.29, 0.717) is 24.1 Å². The van der Waals surface area contributed by atoms with Crippen LogP contribution in [0.3, 0.4) is 0 Å². The molecule has 0 bridgehead atoms. The zero-order valence-electron chi connectivity index (χ0n) is 14.2. The maximum Gasteiger partial charge on any atom is 0.326 e. The van der Waals surface area contributed by atoms with Gasteiger partial charge in [-0.15, -0.1) is 5.10 Å². The lowest BCUT2D eigenvalue weighted by molar-refractivity contribution is -0.149. The zero-order valence-corrected chi connectivity index (χ0v) is 15.0. The van der Waals surface area contributed by atoms with Crippen LogP contribution in [0.4, 0.5) is 4.39 Å². The van der Waals surface area contributed by atoms with Crippen molar-refractivity contribution in [3.05, 3.63) is 40.9 Å². The van der Waals surface area contributed by atoms with Crippen LogP contribution in [-0.2, 0) is 9.59 Å². The van der Waals surface area contributed by atoms with Gasteiger partial charge in [0.1, 0.15) is 12.4 Å². The molecule has 1 aromatic carbocycles. The van der Waals surface area contributed by atoms with E-state index < -0.39 is 23.7 Å². The van der Waals surface area contributed by atoms with Gasteiger partial charge in [0.05, 0.1) is 10.7 Å². The van der Waals surface area contributed by atoms with E-state index in [2.05, 4.69) is 15.5 Å². The Labute approximate surface area is 158 Å². The van der Waals surface area contributed by atoms with Crippen molar-refractivity contribution in [1.82, 2.24) is 25.1 Å². The van der Waals surface area contributed by atoms with Crippen molar-refractivity contribution in [3.63, 3.8) is 0 Å². The molecule has 0 radical (unpaired) electrons. The van der Waals surface area contributed by atoms with Crippen LogP contribution in [0.5, 0.6) is 0 Å². The second-order valence-corrected chi connectivity index (χ2v) is 7.19. The van der Waals surface area contributed by atoms with E-state index in [-0.39, 0.29) is 22.5 Å². The van der Waals surface area contributed by atoms with Crippen LogP contribution in [0.1, 0.15) is 25.3 Å². The largest absolute Gasteiger partial charge is 0.480 e. The average molecular weight is 392 g/mol. The Morgan fingerprint density at radius 3 is 2.85 bits per heavy atom. The Balaban J connectivity index is 1.81. The highest BCUT2D eigenvalue weighted by Crippen LogP contribution is 2.41. The number of fused-ring (bicyclic) bond motifs is 1. The molecule has 1 aromatic heterocycles. The predicted octanol–water partition coefficient (Wildman–Crippen LogP) is 1.93. The lowest BCUT2D eigenvalue weighted by atomic mass is 9.91. The number of amides is 1. The van der Waals surface area contributed by atoms with Gasteiger partial charge in [-0.1, -0.05) is 18.5 Å². The second-order valence-electron chi connectivity index (χ2n) is 6.78. The fourth-order valence-electron chi connectivity index (χ4n) is 4.05. The van der Waals surface area contributed by atoms with Gasteiger partial charge in [0, 0.05) is 17.7 Å². The summed E-state index contributed by atoms with van der Waals surface area (Å²) in [7, 11) is 0. The monoisotopic (exact) mass is 391 g/mol. The standard InChI is InChI=1S/C17H15ClFN5O3/c1-8-4-10-5-9(6-13(25)24(10)16(8)17(26)27)14-12(23-7-20-21-22-23)3-2-11(18)15(14)19/h2-3,6-8,10,16H,4-5H2,1H3,(H,26,27). The molecule has 0 saturated carbocycles. The molecule has 2 aliphatic rings. The van der Waals surface area contributed by atoms with E-state index >= 15 is 0 Å². The minimum Gasteiger partial charge on any atom is -0.480 e. The Morgan fingerprint density at radius 2 is 2.19 bits per heavy atom. The van der Waals surface area contributed by atoms with E-state index in [1.165, 1.54) is 28.1 Å². The number of carbonyl (C=O) groups excluding carboxylic acids is 1. The van der Waals surface area contributed by atoms with Crippen molar-refractivity contribution in [2.45, 2.75) is 31.8 Å². The number of benzene rings is 1. The second kappa shape index (κ2) is 6.41. The Kier molecular flexibility index (Phi) is 4.18. The summed E-state index contributed by atoms with van der Waals surface area (Å²) in [5, 5.41) is 20.3. The van der Waals surface area contributed by atoms with E-state index in [1.807, 2.05) is 0 Å². The van der Waals surface area contributed by atoms with Crippen LogP contribution in [0.2, 0.25) is 5.02 Å². The smallest absolute Gasteiger partial charge is 0.326 e. The van der Waals surface area contributed by atoms with Crippen molar-refractivity contribution in [1.29, 1.82) is 0 Å². The number of hydrogen-bond acceptors (Lipinski definition) is 5. The van der Waals surface area contributed by atoms with Gasteiger partial charge in [-0.2, -0.15) is 4.68 Å². The van der Waals surface area contributed by atoms with Crippen LogP contribution in [-0.4, -0.2) is 54.2 Å². The van der Waals surface area contributed by atoms with E-state index in [4.69, 9.17) is 11.6 Å². The summed E-state index contributed by atoms with van der Waals surface area (Å²) < 4.78 is 16.2. The van der Waals surface area contributed by atoms with Gasteiger partial charge in [-0.25, -0.2) is 9.18 Å². The van der Waals surface area contributed by atoms with Crippen LogP contribution in [0, 0.1) is 11.7 Å². The molecule has 27 heavy (non-hydrogen) atoms. The van der Waals surface area contributed by atoms with Gasteiger partial charge in [0.2, 0.25) is 5.91 Å². The van der Waals surface area contributed by atoms with Gasteiger partial charge >= 0.3 is 5.97 Å². The average Bonchev–Trinajstić information content (AvgIpc) is 3.24. The summed E-state index contributed by atoms with van der Waals surface area (Å²) >= 11 is 5.97. The van der Waals surface area contributed by atoms with Gasteiger partial charge in [-0.05, 0) is 46.9 Å². The molecule has 3 unspecified atom stereocenters. The fourth-order valence-corrected chi connectivity index (χ4v) is 4.21. The van der Waals surface area contributed by atoms with E-state index in [1.54, 1.807) is 13.0 Å². The molecule has 0 aliphatic carbocycles. The lowest BCUT2D eigenvalue weighted by Crippen LogP contribution is -2.47. The predicted molar refractivity (Wildman–Crippen MR) is 92.6 cm³/mol. The highest BCUT2D eigenvalue weighted by atomic mass is 35.5. The Bertz CT molecular complexity index is 962. The summed E-state index contributed by atoms with van der Waals surface area (Å²) in [6, 6.07) is 1.79. The van der Waals surface area contributed by atoms with Crippen molar-refractivity contribution in [2.24, 2.45) is 5.92 Å². The lowest BCUT2D eigenvalue weighted by Gasteiger charge is -2.32. The fraction of sp³-hybridized carbons (Fsp3) is 0.353. The molecule has 0 spiro atoms. The molecule has 2 aromatic rings. The third-order valence-corrected chi connectivity index (χ3v) is 5.42. The summed E-state index contributed by atoms with van der Waals surface area (Å²) in [6.45, 7) is 1.80. The summed E-state index contributed by atoms with van der Waals surface area (Å²) in [4.78, 5) is 25.6. The van der Waals surface area contributed by atoms with Gasteiger partial charge in [-0.3, -0.25) is 4.79 Å². The molecule has 10 heteroatoms. The highest BCUT2D eigenvalue weighted by Gasteiger charge is 2.47. The SMILES string of the molecule is CC1CC2CC(c3c(-n4cnnn4)ccc(Cl)c3F)=CC(=O)N2C1C(=O)O. The maximum absolute atomic E-state index is 14.9. The molecule has 1 amide bonds. The highest BCUT2D eigenvalue weighted by molar-refractivity contribution is 6.31. The molecule has 4 rings (SSSR count). The van der Waals surface area contributed by atoms with Crippen molar-refractivity contribution >= 4 is 29.1 Å². The van der Waals surface area contributed by atoms with Crippen LogP contribution < -0.4 is 0 Å². The van der Waals surface area contributed by atoms with E-state index in [9.17, 15) is 19.1 Å². The Morgan fingerprint density at radius 1 is 1.41 bits per heavy atom. The van der Waals surface area contributed by atoms with Crippen LogP contribution >= 0.6 is 11.6 Å². The molecular weight excluding hydrogens is 377 g/mol. The van der Waals surface area contributed by atoms with E-state index in [0.717, 1.165) is 0 Å². The molecular formula is C17H15ClFN5O3. The maximum atomic E-state index is 14.9. The quantitative estimate of drug-likeness (QED) is 0.857. The third-order valence-electron chi connectivity index (χ3n) is 5.13. The number of halogens is 2. The first-order chi connectivity index (χ1) is 12.9. The molecule has 1 saturated heterocycles. The molecule has 1 fully saturated rings. The number of aromatic nitrogens is 4. The molecule has 8 nitrogen and oxygen atoms in total. The first-order valence-corrected chi connectivity index (χ1v) is 8.73. The van der Waals surface area contributed by atoms with Crippen LogP contribution in [0.25, 0.3) is 11.3 Å². The summed E-state index contributed by atoms with van der Waals surface area (Å²) in [5.74, 6) is -2.33. The van der Waals surface area contributed by atoms with Gasteiger partial charge < -0.3 is 10.0 Å². The minimum absolute atomic E-state index is 0.0826. The normalized spacial score (nSPS) is 24.7. The number of carboxylic acid groups (broad SMARTS) is 1. The molecule has 3 heterocycles. The molecule has 1 N–H and O–H groups in total. The van der Waals surface area contributed by atoms with Crippen molar-refractivity contribution < 1.29 is 19.1 Å². The first kappa shape index (κ1) is 17.6. The number of rotatable bonds is 3. The molecule has 3 atom stereocenters. The zero-order chi connectivity index (χ0) is 19.3. The Hall–Kier alpha value is -2.81. The van der Waals surface area contributed by atoms with Gasteiger partial charge in [0.15, 0.2) is 5.82 Å². The van der Waals surface area contributed by atoms with Crippen molar-refractivity contribution in [2.75, 3.05) is 0 Å². The topological polar surface area (TPSA) is 101 Å². The molecule has 2 aliphatic heterocycles. The summed E-state index contributed by atoms with van der Waals surface area (Å²) in [6.07, 6.45) is 3.46. The summed E-state index contributed by atoms with van der Waals surface area (Å²) in [5.41, 5.74) is 0.953. The number of tetrazole rings is 1. The minimum atomic E-state index is -1.03. The van der Waals surface area contributed by atoms with Gasteiger partial charge in [0.25, 0.3) is 0 Å². The third kappa shape index (κ3) is 2.78. The number of hydrogen-bond donors (Lipinski definition) is 1. The number of carboxylic acids is 1. The number of aliphatic carboxylic acids is 1. The first-order valence-electron chi connectivity index (χ1n) is 8.36. The number of nitrogens with zero attached hydrogens (tertiary/aromatic N) is 5. The molecule has 140 valence electrons. The number of carbonyl (C=O) groups is 2. The van der Waals surface area contributed by atoms with Crippen molar-refractivity contribution in [3.8, 4) is 5.69 Å². The van der Waals surface area contributed by atoms with Crippen LogP contribution in [0.15, 0.2) is 24.5 Å².